The zero-order chi connectivity index (χ0) is 30.2. The predicted octanol–water partition coefficient (Wildman–Crippen LogP) is 8.18. The minimum absolute atomic E-state index is 0.139. The first kappa shape index (κ1) is 30.6. The van der Waals surface area contributed by atoms with Crippen molar-refractivity contribution in [3.63, 3.8) is 0 Å². The number of Topliss-reactive ketones (excluding diaryl/α,β-unsaturated/α-hetero) is 2. The molecular formula is C36H42INO4. The quantitative estimate of drug-likeness (QED) is 0.198. The van der Waals surface area contributed by atoms with Crippen molar-refractivity contribution in [3.05, 3.63) is 92.4 Å². The van der Waals surface area contributed by atoms with Gasteiger partial charge in [-0.25, -0.2) is 0 Å². The second-order valence-electron chi connectivity index (χ2n) is 13.3. The molecule has 0 spiro atoms. The third kappa shape index (κ3) is 6.10. The molecule has 0 bridgehead atoms. The molecule has 2 aromatic carbocycles. The monoisotopic (exact) mass is 679 g/mol. The molecule has 0 unspecified atom stereocenters. The van der Waals surface area contributed by atoms with Crippen molar-refractivity contribution in [1.82, 2.24) is 4.90 Å². The SMILES string of the molecule is C=CCOc1c(I)cc(C2C3=C(CC(C)(C)CC3=O)N(CCc3ccccc3)C3=C2C(=O)CC(C)(C)C3)cc1OCC. The van der Waals surface area contributed by atoms with E-state index in [2.05, 4.69) is 92.1 Å². The van der Waals surface area contributed by atoms with Gasteiger partial charge in [0.15, 0.2) is 23.1 Å². The summed E-state index contributed by atoms with van der Waals surface area (Å²) in [5.74, 6) is 1.15. The highest BCUT2D eigenvalue weighted by Crippen LogP contribution is 2.55. The van der Waals surface area contributed by atoms with Gasteiger partial charge in [-0.15, -0.1) is 0 Å². The van der Waals surface area contributed by atoms with Crippen LogP contribution in [0, 0.1) is 14.4 Å². The van der Waals surface area contributed by atoms with Gasteiger partial charge in [-0.1, -0.05) is 70.7 Å². The molecule has 0 N–H and O–H groups in total. The number of ether oxygens (including phenoxy) is 2. The summed E-state index contributed by atoms with van der Waals surface area (Å²) in [6, 6.07) is 14.5. The Kier molecular flexibility index (Phi) is 8.75. The van der Waals surface area contributed by atoms with E-state index in [0.717, 1.165) is 57.5 Å². The van der Waals surface area contributed by atoms with Crippen LogP contribution < -0.4 is 9.47 Å². The van der Waals surface area contributed by atoms with Gasteiger partial charge in [-0.2, -0.15) is 0 Å². The molecule has 1 heterocycles. The van der Waals surface area contributed by atoms with E-state index in [1.165, 1.54) is 5.56 Å². The van der Waals surface area contributed by atoms with Crippen molar-refractivity contribution < 1.29 is 19.1 Å². The number of ketones is 2. The molecule has 2 aliphatic carbocycles. The summed E-state index contributed by atoms with van der Waals surface area (Å²) in [7, 11) is 0. The summed E-state index contributed by atoms with van der Waals surface area (Å²) in [6.45, 7) is 16.0. The van der Waals surface area contributed by atoms with Gasteiger partial charge in [-0.05, 0) is 82.9 Å². The van der Waals surface area contributed by atoms with Gasteiger partial charge in [-0.3, -0.25) is 9.59 Å². The molecule has 0 radical (unpaired) electrons. The fourth-order valence-electron chi connectivity index (χ4n) is 6.84. The molecule has 42 heavy (non-hydrogen) atoms. The molecule has 222 valence electrons. The number of rotatable bonds is 9. The van der Waals surface area contributed by atoms with Crippen LogP contribution >= 0.6 is 22.6 Å². The second kappa shape index (κ2) is 12.0. The normalized spacial score (nSPS) is 19.9. The van der Waals surface area contributed by atoms with Crippen molar-refractivity contribution in [3.8, 4) is 11.5 Å². The van der Waals surface area contributed by atoms with E-state index in [1.54, 1.807) is 6.08 Å². The fraction of sp³-hybridized carbons (Fsp3) is 0.444. The van der Waals surface area contributed by atoms with Gasteiger partial charge in [0.2, 0.25) is 0 Å². The molecule has 6 heteroatoms. The Bertz CT molecular complexity index is 1410. The van der Waals surface area contributed by atoms with Crippen LogP contribution in [-0.4, -0.2) is 36.2 Å². The average molecular weight is 680 g/mol. The molecule has 3 aliphatic rings. The van der Waals surface area contributed by atoms with Gasteiger partial charge in [0.1, 0.15) is 6.61 Å². The Hall–Kier alpha value is -2.87. The summed E-state index contributed by atoms with van der Waals surface area (Å²) in [6.07, 6.45) is 5.07. The van der Waals surface area contributed by atoms with Crippen LogP contribution in [0.4, 0.5) is 0 Å². The van der Waals surface area contributed by atoms with Gasteiger partial charge in [0.05, 0.1) is 10.2 Å². The largest absolute Gasteiger partial charge is 0.490 e. The topological polar surface area (TPSA) is 55.8 Å². The Morgan fingerprint density at radius 2 is 1.52 bits per heavy atom. The number of hydrogen-bond donors (Lipinski definition) is 0. The lowest BCUT2D eigenvalue weighted by atomic mass is 9.63. The Balaban J connectivity index is 1.72. The third-order valence-electron chi connectivity index (χ3n) is 8.50. The first-order chi connectivity index (χ1) is 19.9. The van der Waals surface area contributed by atoms with Crippen LogP contribution in [0.3, 0.4) is 0 Å². The molecule has 0 aromatic heterocycles. The van der Waals surface area contributed by atoms with Crippen LogP contribution in [0.1, 0.15) is 77.3 Å². The number of nitrogens with zero attached hydrogens (tertiary/aromatic N) is 1. The van der Waals surface area contributed by atoms with E-state index in [1.807, 2.05) is 19.1 Å². The number of benzene rings is 2. The standard InChI is InChI=1S/C36H42INO4/c1-7-16-42-34-25(37)17-24(18-30(34)41-8-2)31-32-26(19-35(3,4)21-28(32)39)38(15-14-23-12-10-9-11-13-23)27-20-36(5,6)22-29(40)33(27)31/h7,9-13,17-18,31H,1,8,14-16,19-22H2,2-6H3. The number of halogens is 1. The van der Waals surface area contributed by atoms with Crippen molar-refractivity contribution in [2.45, 2.75) is 72.6 Å². The first-order valence-electron chi connectivity index (χ1n) is 15.0. The van der Waals surface area contributed by atoms with Crippen molar-refractivity contribution in [2.75, 3.05) is 19.8 Å². The maximum atomic E-state index is 14.2. The van der Waals surface area contributed by atoms with Crippen LogP contribution in [0.15, 0.2) is 77.7 Å². The molecule has 0 saturated carbocycles. The van der Waals surface area contributed by atoms with Crippen molar-refractivity contribution in [1.29, 1.82) is 0 Å². The number of carbonyl (C=O) groups is 2. The Morgan fingerprint density at radius 3 is 2.07 bits per heavy atom. The van der Waals surface area contributed by atoms with E-state index < -0.39 is 5.92 Å². The van der Waals surface area contributed by atoms with Gasteiger partial charge in [0.25, 0.3) is 0 Å². The summed E-state index contributed by atoms with van der Waals surface area (Å²) in [5, 5.41) is 0. The molecule has 5 rings (SSSR count). The molecular weight excluding hydrogens is 637 g/mol. The molecule has 2 aromatic rings. The van der Waals surface area contributed by atoms with E-state index in [0.29, 0.717) is 37.6 Å². The van der Waals surface area contributed by atoms with E-state index in [9.17, 15) is 9.59 Å². The average Bonchev–Trinajstić information content (AvgIpc) is 2.90. The molecule has 0 atom stereocenters. The number of carbonyl (C=O) groups excluding carboxylic acids is 2. The van der Waals surface area contributed by atoms with Crippen molar-refractivity contribution in [2.24, 2.45) is 10.8 Å². The highest BCUT2D eigenvalue weighted by atomic mass is 127. The summed E-state index contributed by atoms with van der Waals surface area (Å²) in [4.78, 5) is 30.7. The summed E-state index contributed by atoms with van der Waals surface area (Å²) < 4.78 is 13.0. The lowest BCUT2D eigenvalue weighted by Gasteiger charge is -2.49. The third-order valence-corrected chi connectivity index (χ3v) is 9.30. The van der Waals surface area contributed by atoms with Gasteiger partial charge in [0, 0.05) is 47.8 Å². The van der Waals surface area contributed by atoms with E-state index >= 15 is 0 Å². The van der Waals surface area contributed by atoms with E-state index in [-0.39, 0.29) is 22.4 Å². The maximum Gasteiger partial charge on any atom is 0.174 e. The highest BCUT2D eigenvalue weighted by molar-refractivity contribution is 14.1. The Morgan fingerprint density at radius 1 is 0.929 bits per heavy atom. The smallest absolute Gasteiger partial charge is 0.174 e. The minimum Gasteiger partial charge on any atom is -0.490 e. The van der Waals surface area contributed by atoms with Crippen LogP contribution in [0.5, 0.6) is 11.5 Å². The minimum atomic E-state index is -0.420. The fourth-order valence-corrected chi connectivity index (χ4v) is 7.62. The second-order valence-corrected chi connectivity index (χ2v) is 14.4. The van der Waals surface area contributed by atoms with Crippen molar-refractivity contribution >= 4 is 34.2 Å². The van der Waals surface area contributed by atoms with Gasteiger partial charge < -0.3 is 14.4 Å². The lowest BCUT2D eigenvalue weighted by Crippen LogP contribution is -2.45. The molecule has 0 fully saturated rings. The Labute approximate surface area is 264 Å². The highest BCUT2D eigenvalue weighted by Gasteiger charge is 2.49. The summed E-state index contributed by atoms with van der Waals surface area (Å²) >= 11 is 2.28. The molecule has 1 aliphatic heterocycles. The number of hydrogen-bond acceptors (Lipinski definition) is 5. The molecule has 0 saturated heterocycles. The first-order valence-corrected chi connectivity index (χ1v) is 16.1. The van der Waals surface area contributed by atoms with Crippen LogP contribution in [-0.2, 0) is 16.0 Å². The predicted molar refractivity (Wildman–Crippen MR) is 176 cm³/mol. The van der Waals surface area contributed by atoms with E-state index in [4.69, 9.17) is 9.47 Å². The van der Waals surface area contributed by atoms with Crippen LogP contribution in [0.25, 0.3) is 0 Å². The lowest BCUT2D eigenvalue weighted by molar-refractivity contribution is -0.119. The van der Waals surface area contributed by atoms with Gasteiger partial charge >= 0.3 is 0 Å². The zero-order valence-corrected chi connectivity index (χ0v) is 27.7. The molecule has 0 amide bonds. The molecule has 5 nitrogen and oxygen atoms in total. The maximum absolute atomic E-state index is 14.2. The summed E-state index contributed by atoms with van der Waals surface area (Å²) in [5.41, 5.74) is 5.58. The van der Waals surface area contributed by atoms with Crippen LogP contribution in [0.2, 0.25) is 0 Å². The number of allylic oxidation sites excluding steroid dienone is 4. The zero-order valence-electron chi connectivity index (χ0n) is 25.5.